The van der Waals surface area contributed by atoms with Crippen molar-refractivity contribution < 1.29 is 9.53 Å². The van der Waals surface area contributed by atoms with Gasteiger partial charge in [-0.1, -0.05) is 43.7 Å². The molecule has 1 atom stereocenters. The van der Waals surface area contributed by atoms with Gasteiger partial charge in [-0.3, -0.25) is 4.79 Å². The number of nitrogens with one attached hydrogen (secondary N) is 1. The number of hydrogen-bond acceptors (Lipinski definition) is 3. The summed E-state index contributed by atoms with van der Waals surface area (Å²) < 4.78 is 5.67. The van der Waals surface area contributed by atoms with Gasteiger partial charge in [0.05, 0.1) is 11.8 Å². The molecule has 0 aliphatic carbocycles. The van der Waals surface area contributed by atoms with E-state index in [1.165, 1.54) is 5.56 Å². The van der Waals surface area contributed by atoms with Gasteiger partial charge in [-0.15, -0.1) is 11.8 Å². The third-order valence-electron chi connectivity index (χ3n) is 3.56. The van der Waals surface area contributed by atoms with Gasteiger partial charge in [0.1, 0.15) is 12.4 Å². The molecule has 0 aromatic heterocycles. The molecule has 0 saturated carbocycles. The monoisotopic (exact) mass is 343 g/mol. The van der Waals surface area contributed by atoms with E-state index < -0.39 is 0 Å². The Morgan fingerprint density at radius 2 is 1.83 bits per heavy atom. The lowest BCUT2D eigenvalue weighted by Crippen LogP contribution is -2.33. The lowest BCUT2D eigenvalue weighted by Gasteiger charge is -2.12. The zero-order valence-electron chi connectivity index (χ0n) is 14.3. The van der Waals surface area contributed by atoms with E-state index >= 15 is 0 Å². The van der Waals surface area contributed by atoms with Crippen LogP contribution in [0.1, 0.15) is 25.8 Å². The summed E-state index contributed by atoms with van der Waals surface area (Å²) in [5.41, 5.74) is 1.32. The molecule has 3 nitrogen and oxygen atoms in total. The van der Waals surface area contributed by atoms with Gasteiger partial charge < -0.3 is 10.1 Å². The second-order valence-corrected chi connectivity index (χ2v) is 7.02. The van der Waals surface area contributed by atoms with E-state index in [1.54, 1.807) is 11.8 Å². The van der Waals surface area contributed by atoms with Gasteiger partial charge in [0.25, 0.3) is 0 Å². The van der Waals surface area contributed by atoms with Crippen molar-refractivity contribution in [3.8, 4) is 5.75 Å². The molecule has 0 saturated heterocycles. The average molecular weight is 343 g/mol. The smallest absolute Gasteiger partial charge is 0.233 e. The van der Waals surface area contributed by atoms with Gasteiger partial charge >= 0.3 is 0 Å². The zero-order valence-corrected chi connectivity index (χ0v) is 15.1. The summed E-state index contributed by atoms with van der Waals surface area (Å²) >= 11 is 1.56. The SMILES string of the molecule is CCCc1ccc(OCCNC(=O)C(C)Sc2ccccc2)cc1. The summed E-state index contributed by atoms with van der Waals surface area (Å²) in [6.07, 6.45) is 2.23. The number of carbonyl (C=O) groups is 1. The molecule has 2 aromatic carbocycles. The fraction of sp³-hybridized carbons (Fsp3) is 0.350. The van der Waals surface area contributed by atoms with E-state index in [0.29, 0.717) is 13.2 Å². The van der Waals surface area contributed by atoms with Crippen LogP contribution in [0.3, 0.4) is 0 Å². The standard InChI is InChI=1S/C20H25NO2S/c1-3-7-17-10-12-18(13-11-17)23-15-14-21-20(22)16(2)24-19-8-5-4-6-9-19/h4-6,8-13,16H,3,7,14-15H2,1-2H3,(H,21,22). The minimum atomic E-state index is -0.124. The third kappa shape index (κ3) is 6.28. The van der Waals surface area contributed by atoms with Crippen molar-refractivity contribution in [3.63, 3.8) is 0 Å². The topological polar surface area (TPSA) is 38.3 Å². The normalized spacial score (nSPS) is 11.8. The first-order valence-corrected chi connectivity index (χ1v) is 9.28. The number of hydrogen-bond donors (Lipinski definition) is 1. The molecule has 4 heteroatoms. The first-order chi connectivity index (χ1) is 11.7. The Hall–Kier alpha value is -1.94. The predicted octanol–water partition coefficient (Wildman–Crippen LogP) is 4.31. The quantitative estimate of drug-likeness (QED) is 0.544. The molecule has 24 heavy (non-hydrogen) atoms. The molecular formula is C20H25NO2S. The third-order valence-corrected chi connectivity index (χ3v) is 4.67. The highest BCUT2D eigenvalue weighted by molar-refractivity contribution is 8.00. The second-order valence-electron chi connectivity index (χ2n) is 5.61. The van der Waals surface area contributed by atoms with Crippen molar-refractivity contribution in [2.45, 2.75) is 36.8 Å². The minimum absolute atomic E-state index is 0.0331. The van der Waals surface area contributed by atoms with Crippen LogP contribution in [0.5, 0.6) is 5.75 Å². The van der Waals surface area contributed by atoms with Gasteiger partial charge in [0.2, 0.25) is 5.91 Å². The summed E-state index contributed by atoms with van der Waals surface area (Å²) in [5.74, 6) is 0.876. The lowest BCUT2D eigenvalue weighted by atomic mass is 10.1. The summed E-state index contributed by atoms with van der Waals surface area (Å²) in [5, 5.41) is 2.80. The predicted molar refractivity (Wildman–Crippen MR) is 101 cm³/mol. The van der Waals surface area contributed by atoms with E-state index in [-0.39, 0.29) is 11.2 Å². The van der Waals surface area contributed by atoms with Crippen LogP contribution in [0.2, 0.25) is 0 Å². The van der Waals surface area contributed by atoms with Crippen LogP contribution in [-0.2, 0) is 11.2 Å². The molecule has 0 aliphatic heterocycles. The van der Waals surface area contributed by atoms with Crippen LogP contribution >= 0.6 is 11.8 Å². The van der Waals surface area contributed by atoms with Gasteiger partial charge in [-0.05, 0) is 43.2 Å². The molecule has 1 amide bonds. The lowest BCUT2D eigenvalue weighted by molar-refractivity contribution is -0.120. The van der Waals surface area contributed by atoms with Gasteiger partial charge in [0, 0.05) is 4.90 Å². The maximum atomic E-state index is 12.1. The number of ether oxygens (including phenoxy) is 1. The molecule has 2 aromatic rings. The van der Waals surface area contributed by atoms with Crippen molar-refractivity contribution in [3.05, 3.63) is 60.2 Å². The van der Waals surface area contributed by atoms with Crippen molar-refractivity contribution in [1.29, 1.82) is 0 Å². The first kappa shape index (κ1) is 18.4. The fourth-order valence-electron chi connectivity index (χ4n) is 2.28. The summed E-state index contributed by atoms with van der Waals surface area (Å²) in [4.78, 5) is 13.2. The summed E-state index contributed by atoms with van der Waals surface area (Å²) in [6.45, 7) is 5.07. The van der Waals surface area contributed by atoms with Crippen molar-refractivity contribution in [2.75, 3.05) is 13.2 Å². The van der Waals surface area contributed by atoms with Crippen molar-refractivity contribution in [1.82, 2.24) is 5.32 Å². The molecule has 0 fully saturated rings. The Bertz CT molecular complexity index is 613. The molecule has 0 aliphatic rings. The Morgan fingerprint density at radius 1 is 1.12 bits per heavy atom. The highest BCUT2D eigenvalue weighted by Crippen LogP contribution is 2.22. The van der Waals surface area contributed by atoms with E-state index in [2.05, 4.69) is 24.4 Å². The average Bonchev–Trinajstić information content (AvgIpc) is 2.61. The van der Waals surface area contributed by atoms with Crippen molar-refractivity contribution >= 4 is 17.7 Å². The Labute approximate surface area is 148 Å². The number of amides is 1. The first-order valence-electron chi connectivity index (χ1n) is 8.40. The molecular weight excluding hydrogens is 318 g/mol. The number of rotatable bonds is 9. The number of carbonyl (C=O) groups excluding carboxylic acids is 1. The highest BCUT2D eigenvalue weighted by Gasteiger charge is 2.13. The largest absolute Gasteiger partial charge is 0.492 e. The molecule has 0 bridgehead atoms. The van der Waals surface area contributed by atoms with Crippen LogP contribution < -0.4 is 10.1 Å². The molecule has 1 unspecified atom stereocenters. The number of thioether (sulfide) groups is 1. The summed E-state index contributed by atoms with van der Waals surface area (Å²) in [6, 6.07) is 18.1. The van der Waals surface area contributed by atoms with Gasteiger partial charge in [-0.25, -0.2) is 0 Å². The number of benzene rings is 2. The maximum Gasteiger partial charge on any atom is 0.233 e. The molecule has 1 N–H and O–H groups in total. The molecule has 0 radical (unpaired) electrons. The van der Waals surface area contributed by atoms with E-state index in [1.807, 2.05) is 49.4 Å². The fourth-order valence-corrected chi connectivity index (χ4v) is 3.20. The molecule has 0 heterocycles. The van der Waals surface area contributed by atoms with E-state index in [4.69, 9.17) is 4.74 Å². The number of aryl methyl sites for hydroxylation is 1. The zero-order chi connectivity index (χ0) is 17.2. The Balaban J connectivity index is 1.66. The van der Waals surface area contributed by atoms with Crippen LogP contribution in [0.4, 0.5) is 0 Å². The van der Waals surface area contributed by atoms with Crippen molar-refractivity contribution in [2.24, 2.45) is 0 Å². The Kier molecular flexibility index (Phi) is 7.69. The van der Waals surface area contributed by atoms with E-state index in [9.17, 15) is 4.79 Å². The molecule has 0 spiro atoms. The van der Waals surface area contributed by atoms with E-state index in [0.717, 1.165) is 23.5 Å². The van der Waals surface area contributed by atoms with Gasteiger partial charge in [0.15, 0.2) is 0 Å². The summed E-state index contributed by atoms with van der Waals surface area (Å²) in [7, 11) is 0. The van der Waals surface area contributed by atoms with Crippen LogP contribution in [0, 0.1) is 0 Å². The molecule has 2 rings (SSSR count). The maximum absolute atomic E-state index is 12.1. The van der Waals surface area contributed by atoms with Crippen LogP contribution in [0.25, 0.3) is 0 Å². The van der Waals surface area contributed by atoms with Crippen LogP contribution in [0.15, 0.2) is 59.5 Å². The Morgan fingerprint density at radius 3 is 2.50 bits per heavy atom. The molecule has 128 valence electrons. The minimum Gasteiger partial charge on any atom is -0.492 e. The highest BCUT2D eigenvalue weighted by atomic mass is 32.2. The van der Waals surface area contributed by atoms with Gasteiger partial charge in [-0.2, -0.15) is 0 Å². The van der Waals surface area contributed by atoms with Crippen LogP contribution in [-0.4, -0.2) is 24.3 Å². The second kappa shape index (κ2) is 10.0.